The first-order valence-corrected chi connectivity index (χ1v) is 11.8. The van der Waals surface area contributed by atoms with Gasteiger partial charge in [-0.1, -0.05) is 24.3 Å². The highest BCUT2D eigenvalue weighted by Gasteiger charge is 2.20. The van der Waals surface area contributed by atoms with Gasteiger partial charge in [0, 0.05) is 42.7 Å². The minimum Gasteiger partial charge on any atom is -0.399 e. The van der Waals surface area contributed by atoms with Crippen LogP contribution in [0.1, 0.15) is 36.8 Å². The molecule has 0 atom stereocenters. The number of sulfone groups is 1. The summed E-state index contributed by atoms with van der Waals surface area (Å²) in [4.78, 5) is 12.5. The van der Waals surface area contributed by atoms with E-state index in [0.717, 1.165) is 11.1 Å². The smallest absolute Gasteiger partial charge is 0.180 e. The molecule has 9 heteroatoms. The van der Waals surface area contributed by atoms with Crippen molar-refractivity contribution < 1.29 is 13.2 Å². The number of halogens is 1. The second-order valence-electron chi connectivity index (χ2n) is 7.81. The van der Waals surface area contributed by atoms with Gasteiger partial charge in [-0.2, -0.15) is 0 Å². The van der Waals surface area contributed by atoms with Crippen molar-refractivity contribution in [3.63, 3.8) is 0 Å². The fourth-order valence-electron chi connectivity index (χ4n) is 3.60. The Morgan fingerprint density at radius 2 is 1.75 bits per heavy atom. The van der Waals surface area contributed by atoms with Crippen LogP contribution in [0.2, 0.25) is 0 Å². The second-order valence-corrected chi connectivity index (χ2v) is 9.88. The lowest BCUT2D eigenvalue weighted by atomic mass is 10.0. The number of fused-ring (bicyclic) bond motifs is 1. The molecule has 0 spiro atoms. The number of carbonyl (C=O) groups is 1. The lowest BCUT2D eigenvalue weighted by molar-refractivity contribution is -0.119. The zero-order valence-electron chi connectivity index (χ0n) is 18.0. The molecule has 5 N–H and O–H groups in total. The molecule has 0 fully saturated rings. The van der Waals surface area contributed by atoms with E-state index in [9.17, 15) is 13.2 Å². The van der Waals surface area contributed by atoms with Gasteiger partial charge in [-0.25, -0.2) is 8.42 Å². The third-order valence-corrected chi connectivity index (χ3v) is 7.21. The molecular weight excluding hydrogens is 448 g/mol. The molecule has 3 aromatic rings. The maximum Gasteiger partial charge on any atom is 0.180 e. The Labute approximate surface area is 194 Å². The molecule has 0 aliphatic rings. The lowest BCUT2D eigenvalue weighted by Gasteiger charge is -2.05. The van der Waals surface area contributed by atoms with Gasteiger partial charge in [0.15, 0.2) is 9.84 Å². The van der Waals surface area contributed by atoms with Gasteiger partial charge in [-0.15, -0.1) is 12.4 Å². The van der Waals surface area contributed by atoms with Crippen molar-refractivity contribution in [3.05, 3.63) is 59.8 Å². The molecule has 0 saturated carbocycles. The van der Waals surface area contributed by atoms with Gasteiger partial charge in [0.2, 0.25) is 0 Å². The molecule has 172 valence electrons. The summed E-state index contributed by atoms with van der Waals surface area (Å²) in [7, 11) is -1.65. The minimum atomic E-state index is -3.44. The summed E-state index contributed by atoms with van der Waals surface area (Å²) in [6, 6.07) is 12.5. The first kappa shape index (κ1) is 25.4. The fourth-order valence-corrected chi connectivity index (χ4v) is 5.23. The maximum atomic E-state index is 12.8. The van der Waals surface area contributed by atoms with Crippen LogP contribution >= 0.6 is 12.4 Å². The van der Waals surface area contributed by atoms with Gasteiger partial charge < -0.3 is 16.0 Å². The minimum absolute atomic E-state index is 0. The van der Waals surface area contributed by atoms with E-state index in [-0.39, 0.29) is 29.8 Å². The molecule has 0 unspecified atom stereocenters. The summed E-state index contributed by atoms with van der Waals surface area (Å²) < 4.78 is 27.4. The van der Waals surface area contributed by atoms with Crippen molar-refractivity contribution in [1.82, 2.24) is 4.57 Å². The van der Waals surface area contributed by atoms with Crippen molar-refractivity contribution >= 4 is 50.5 Å². The number of aromatic nitrogens is 1. The fraction of sp³-hybridized carbons (Fsp3) is 0.304. The van der Waals surface area contributed by atoms with Gasteiger partial charge in [0.1, 0.15) is 11.6 Å². The third kappa shape index (κ3) is 6.11. The number of nitrogen functional groups attached to an aromatic ring is 2. The van der Waals surface area contributed by atoms with E-state index in [4.69, 9.17) is 16.9 Å². The molecular formula is C23H29ClN4O3S. The number of unbranched alkanes of at least 4 members (excludes halogenated alkanes) is 1. The molecule has 1 heterocycles. The summed E-state index contributed by atoms with van der Waals surface area (Å²) >= 11 is 0. The average Bonchev–Trinajstić information content (AvgIpc) is 3.07. The topological polar surface area (TPSA) is 132 Å². The number of nitrogens with zero attached hydrogens (tertiary/aromatic N) is 1. The summed E-state index contributed by atoms with van der Waals surface area (Å²) in [5.41, 5.74) is 14.3. The van der Waals surface area contributed by atoms with Crippen LogP contribution in [0, 0.1) is 5.41 Å². The summed E-state index contributed by atoms with van der Waals surface area (Å²) in [5, 5.41) is 8.06. The Hall–Kier alpha value is -2.84. The molecule has 2 aromatic carbocycles. The van der Waals surface area contributed by atoms with Crippen LogP contribution in [-0.2, 0) is 28.1 Å². The number of rotatable bonds is 10. The number of hydrogen-bond acceptors (Lipinski definition) is 5. The van der Waals surface area contributed by atoms with E-state index < -0.39 is 9.84 Å². The van der Waals surface area contributed by atoms with Gasteiger partial charge in [-0.05, 0) is 43.0 Å². The van der Waals surface area contributed by atoms with Crippen molar-refractivity contribution in [3.8, 4) is 0 Å². The third-order valence-electron chi connectivity index (χ3n) is 5.39. The number of benzene rings is 2. The van der Waals surface area contributed by atoms with Gasteiger partial charge >= 0.3 is 0 Å². The van der Waals surface area contributed by atoms with E-state index in [0.29, 0.717) is 53.6 Å². The van der Waals surface area contributed by atoms with Crippen molar-refractivity contribution in [2.24, 2.45) is 12.8 Å². The van der Waals surface area contributed by atoms with E-state index in [2.05, 4.69) is 0 Å². The van der Waals surface area contributed by atoms with Crippen LogP contribution in [-0.4, -0.2) is 30.4 Å². The lowest BCUT2D eigenvalue weighted by Crippen LogP contribution is -2.10. The van der Waals surface area contributed by atoms with E-state index >= 15 is 0 Å². The van der Waals surface area contributed by atoms with Crippen LogP contribution in [0.4, 0.5) is 5.69 Å². The number of nitrogens with one attached hydrogen (secondary N) is 1. The number of Topliss-reactive ketones (excluding diaryl/α,β-unsaturated/α-hetero) is 1. The highest BCUT2D eigenvalue weighted by molar-refractivity contribution is 7.91. The van der Waals surface area contributed by atoms with E-state index in [1.807, 2.05) is 12.1 Å². The summed E-state index contributed by atoms with van der Waals surface area (Å²) in [5.74, 6) is 0.148. The average molecular weight is 477 g/mol. The number of aryl methyl sites for hydroxylation is 2. The van der Waals surface area contributed by atoms with Crippen molar-refractivity contribution in [2.75, 3.05) is 11.5 Å². The largest absolute Gasteiger partial charge is 0.399 e. The number of anilines is 1. The van der Waals surface area contributed by atoms with Crippen LogP contribution in [0.15, 0.2) is 53.6 Å². The summed E-state index contributed by atoms with van der Waals surface area (Å²) in [6.07, 6.45) is 4.01. The molecule has 0 amide bonds. The van der Waals surface area contributed by atoms with E-state index in [1.54, 1.807) is 48.1 Å². The molecule has 32 heavy (non-hydrogen) atoms. The Morgan fingerprint density at radius 3 is 2.41 bits per heavy atom. The van der Waals surface area contributed by atoms with Crippen LogP contribution in [0.3, 0.4) is 0 Å². The van der Waals surface area contributed by atoms with Gasteiger partial charge in [0.05, 0.1) is 16.2 Å². The van der Waals surface area contributed by atoms with E-state index in [1.165, 1.54) is 0 Å². The molecule has 0 radical (unpaired) electrons. The van der Waals surface area contributed by atoms with Crippen LogP contribution in [0.25, 0.3) is 10.9 Å². The molecule has 1 aromatic heterocycles. The number of amidine groups is 1. The van der Waals surface area contributed by atoms with Crippen LogP contribution in [0.5, 0.6) is 0 Å². The molecule has 0 aliphatic carbocycles. The Bertz CT molecular complexity index is 1220. The van der Waals surface area contributed by atoms with Gasteiger partial charge in [0.25, 0.3) is 0 Å². The monoisotopic (exact) mass is 476 g/mol. The molecule has 0 aliphatic heterocycles. The van der Waals surface area contributed by atoms with Gasteiger partial charge in [-0.3, -0.25) is 10.2 Å². The highest BCUT2D eigenvalue weighted by Crippen LogP contribution is 2.27. The van der Waals surface area contributed by atoms with Crippen molar-refractivity contribution in [1.29, 1.82) is 5.41 Å². The Balaban J connectivity index is 0.00000363. The Kier molecular flexibility index (Phi) is 8.46. The van der Waals surface area contributed by atoms with Crippen molar-refractivity contribution in [2.45, 2.75) is 37.0 Å². The molecule has 3 rings (SSSR count). The standard InChI is InChI=1S/C23H28N4O3S.ClH/c1-27-15-22(20-12-10-18(24)14-21(20)27)31(29,30)13-3-2-4-19(28)11-7-16-5-8-17(9-6-16)23(25)26;/h5-6,8-10,12,14-15H,2-4,7,11,13,24H2,1H3,(H3,25,26);1H. The predicted octanol–water partition coefficient (Wildman–Crippen LogP) is 3.61. The number of hydrogen-bond donors (Lipinski definition) is 3. The zero-order chi connectivity index (χ0) is 22.6. The Morgan fingerprint density at radius 1 is 1.06 bits per heavy atom. The molecule has 0 bridgehead atoms. The quantitative estimate of drug-likeness (QED) is 0.178. The number of nitrogens with two attached hydrogens (primary N) is 2. The highest BCUT2D eigenvalue weighted by atomic mass is 35.5. The maximum absolute atomic E-state index is 12.8. The number of carbonyl (C=O) groups excluding carboxylic acids is 1. The predicted molar refractivity (Wildman–Crippen MR) is 131 cm³/mol. The first-order chi connectivity index (χ1) is 14.7. The first-order valence-electron chi connectivity index (χ1n) is 10.2. The second kappa shape index (κ2) is 10.7. The summed E-state index contributed by atoms with van der Waals surface area (Å²) in [6.45, 7) is 0. The SMILES string of the molecule is Cl.Cn1cc(S(=O)(=O)CCCCC(=O)CCc2ccc(C(=N)N)cc2)c2ccc(N)cc21. The normalized spacial score (nSPS) is 11.3. The molecule has 7 nitrogen and oxygen atoms in total. The zero-order valence-corrected chi connectivity index (χ0v) is 19.6. The molecule has 0 saturated heterocycles. The van der Waals surface area contributed by atoms with Crippen LogP contribution < -0.4 is 11.5 Å². The number of ketones is 1.